The molecule has 0 amide bonds. The van der Waals surface area contributed by atoms with Crippen LogP contribution >= 0.6 is 0 Å². The summed E-state index contributed by atoms with van der Waals surface area (Å²) < 4.78 is 11.9. The van der Waals surface area contributed by atoms with Crippen LogP contribution in [0, 0.1) is 0 Å². The molecule has 0 saturated carbocycles. The zero-order valence-electron chi connectivity index (χ0n) is 13.3. The molecule has 1 fully saturated rings. The van der Waals surface area contributed by atoms with Gasteiger partial charge in [-0.25, -0.2) is 4.79 Å². The first-order valence-corrected chi connectivity index (χ1v) is 7.14. The second-order valence-electron chi connectivity index (χ2n) is 6.26. The van der Waals surface area contributed by atoms with E-state index in [-0.39, 0.29) is 6.61 Å². The average molecular weight is 301 g/mol. The molecule has 0 unspecified atom stereocenters. The van der Waals surface area contributed by atoms with Gasteiger partial charge in [-0.1, -0.05) is 18.2 Å². The van der Waals surface area contributed by atoms with E-state index in [1.807, 2.05) is 33.8 Å². The lowest BCUT2D eigenvalue weighted by Crippen LogP contribution is -2.41. The molecule has 1 saturated heterocycles. The summed E-state index contributed by atoms with van der Waals surface area (Å²) in [7, 11) is -0.581. The number of aliphatic hydroxyl groups is 1. The normalized spacial score (nSPS) is 19.9. The molecule has 6 heteroatoms. The highest BCUT2D eigenvalue weighted by Crippen LogP contribution is 2.38. The van der Waals surface area contributed by atoms with Crippen LogP contribution in [0.15, 0.2) is 34.7 Å². The smallest absolute Gasteiger partial charge is 0.400 e. The Morgan fingerprint density at radius 3 is 2.23 bits per heavy atom. The maximum absolute atomic E-state index is 10.2. The Balaban J connectivity index is 2.23. The Morgan fingerprint density at radius 1 is 1.23 bits per heavy atom. The molecule has 1 aliphatic rings. The lowest BCUT2D eigenvalue weighted by Gasteiger charge is -2.32. The van der Waals surface area contributed by atoms with Gasteiger partial charge in [-0.2, -0.15) is 4.99 Å². The third kappa shape index (κ3) is 3.37. The first kappa shape index (κ1) is 16.7. The zero-order valence-corrected chi connectivity index (χ0v) is 13.3. The summed E-state index contributed by atoms with van der Waals surface area (Å²) in [5, 5.41) is 9.63. The van der Waals surface area contributed by atoms with Crippen molar-refractivity contribution in [2.45, 2.75) is 38.9 Å². The molecule has 116 valence electrons. The van der Waals surface area contributed by atoms with E-state index in [0.29, 0.717) is 11.2 Å². The van der Waals surface area contributed by atoms with Crippen molar-refractivity contribution in [3.05, 3.63) is 35.3 Å². The van der Waals surface area contributed by atoms with Crippen molar-refractivity contribution in [3.63, 3.8) is 0 Å². The molecule has 1 heterocycles. The van der Waals surface area contributed by atoms with Crippen LogP contribution in [0.25, 0.3) is 6.08 Å². The largest absolute Gasteiger partial charge is 0.492 e. The van der Waals surface area contributed by atoms with Crippen molar-refractivity contribution in [2.75, 3.05) is 6.61 Å². The van der Waals surface area contributed by atoms with E-state index in [4.69, 9.17) is 9.31 Å². The molecule has 0 aromatic heterocycles. The van der Waals surface area contributed by atoms with Gasteiger partial charge in [0.1, 0.15) is 0 Å². The second kappa shape index (κ2) is 6.19. The van der Waals surface area contributed by atoms with Gasteiger partial charge in [0.05, 0.1) is 23.5 Å². The van der Waals surface area contributed by atoms with E-state index in [2.05, 4.69) is 4.99 Å². The molecule has 0 spiro atoms. The zero-order chi connectivity index (χ0) is 16.4. The third-order valence-corrected chi connectivity index (χ3v) is 4.16. The minimum Gasteiger partial charge on any atom is -0.400 e. The predicted molar refractivity (Wildman–Crippen MR) is 85.4 cm³/mol. The van der Waals surface area contributed by atoms with E-state index in [1.54, 1.807) is 24.3 Å². The minimum absolute atomic E-state index is 0.162. The Bertz CT molecular complexity index is 600. The Hall–Kier alpha value is -1.72. The minimum atomic E-state index is -0.581. The van der Waals surface area contributed by atoms with Crippen molar-refractivity contribution in [2.24, 2.45) is 4.99 Å². The van der Waals surface area contributed by atoms with Crippen molar-refractivity contribution in [1.29, 1.82) is 0 Å². The first-order valence-electron chi connectivity index (χ1n) is 7.14. The maximum Gasteiger partial charge on any atom is 0.492 e. The topological polar surface area (TPSA) is 68.1 Å². The summed E-state index contributed by atoms with van der Waals surface area (Å²) in [4.78, 5) is 13.7. The van der Waals surface area contributed by atoms with E-state index in [1.165, 1.54) is 6.08 Å². The number of rotatable bonds is 4. The fourth-order valence-electron chi connectivity index (χ4n) is 2.09. The summed E-state index contributed by atoms with van der Waals surface area (Å²) in [6.45, 7) is 7.70. The van der Waals surface area contributed by atoms with Gasteiger partial charge in [-0.15, -0.1) is 0 Å². The van der Waals surface area contributed by atoms with Gasteiger partial charge in [-0.05, 0) is 50.9 Å². The molecular weight excluding hydrogens is 281 g/mol. The summed E-state index contributed by atoms with van der Waals surface area (Å²) in [6, 6.07) is 7.01. The van der Waals surface area contributed by atoms with Crippen LogP contribution in [-0.4, -0.2) is 36.1 Å². The molecule has 1 aliphatic heterocycles. The highest BCUT2D eigenvalue weighted by atomic mass is 16.7. The molecule has 0 radical (unpaired) electrons. The highest BCUT2D eigenvalue weighted by molar-refractivity contribution is 6.55. The Kier molecular flexibility index (Phi) is 4.68. The molecule has 22 heavy (non-hydrogen) atoms. The van der Waals surface area contributed by atoms with Crippen LogP contribution < -0.4 is 0 Å². The number of benzene rings is 1. The molecule has 2 rings (SSSR count). The van der Waals surface area contributed by atoms with Crippen molar-refractivity contribution < 1.29 is 19.2 Å². The summed E-state index contributed by atoms with van der Waals surface area (Å²) >= 11 is 0. The highest BCUT2D eigenvalue weighted by Gasteiger charge is 2.52. The fourth-order valence-corrected chi connectivity index (χ4v) is 2.09. The summed E-state index contributed by atoms with van der Waals surface area (Å²) in [5.41, 5.74) is 1.14. The van der Waals surface area contributed by atoms with Gasteiger partial charge < -0.3 is 14.4 Å². The molecule has 5 nitrogen and oxygen atoms in total. The number of hydrogen-bond donors (Lipinski definition) is 1. The van der Waals surface area contributed by atoms with E-state index < -0.39 is 18.3 Å². The molecule has 1 N–H and O–H groups in total. The Morgan fingerprint density at radius 2 is 1.77 bits per heavy atom. The lowest BCUT2D eigenvalue weighted by molar-refractivity contribution is 0.00578. The van der Waals surface area contributed by atoms with Crippen molar-refractivity contribution in [1.82, 2.24) is 0 Å². The monoisotopic (exact) mass is 301 g/mol. The predicted octanol–water partition coefficient (Wildman–Crippen LogP) is 2.66. The fraction of sp³-hybridized carbons (Fsp3) is 0.438. The molecule has 1 aromatic rings. The van der Waals surface area contributed by atoms with Crippen LogP contribution in [-0.2, 0) is 14.1 Å². The van der Waals surface area contributed by atoms with Crippen LogP contribution in [0.1, 0.15) is 33.3 Å². The van der Waals surface area contributed by atoms with Gasteiger partial charge in [0.15, 0.2) is 0 Å². The van der Waals surface area contributed by atoms with E-state index in [9.17, 15) is 9.90 Å². The Labute approximate surface area is 130 Å². The van der Waals surface area contributed by atoms with Crippen LogP contribution in [0.5, 0.6) is 0 Å². The van der Waals surface area contributed by atoms with Gasteiger partial charge in [-0.3, -0.25) is 0 Å². The van der Waals surface area contributed by atoms with Crippen LogP contribution in [0.2, 0.25) is 0 Å². The molecule has 0 bridgehead atoms. The van der Waals surface area contributed by atoms with E-state index in [0.717, 1.165) is 5.56 Å². The summed E-state index contributed by atoms with van der Waals surface area (Å²) in [5.74, 6) is 0. The maximum atomic E-state index is 10.2. The van der Waals surface area contributed by atoms with Crippen molar-refractivity contribution in [3.8, 4) is 0 Å². The number of hydrogen-bond acceptors (Lipinski definition) is 5. The number of aliphatic hydroxyl groups excluding tert-OH is 1. The first-order chi connectivity index (χ1) is 10.3. The average Bonchev–Trinajstić information content (AvgIpc) is 2.67. The molecule has 1 aromatic carbocycles. The van der Waals surface area contributed by atoms with E-state index >= 15 is 0 Å². The molecule has 0 aliphatic carbocycles. The number of aliphatic imine (C=N–C) groups is 1. The van der Waals surface area contributed by atoms with Gasteiger partial charge in [0.2, 0.25) is 6.08 Å². The molecular formula is C16H20BNO4. The SMILES string of the molecule is CC1(C)OB(C(=Cc2ccc(N=C=O)cc2)CO)OC1(C)C. The van der Waals surface area contributed by atoms with Crippen LogP contribution in [0.3, 0.4) is 0 Å². The number of isocyanates is 1. The van der Waals surface area contributed by atoms with Gasteiger partial charge in [0.25, 0.3) is 0 Å². The standard InChI is InChI=1S/C16H20BNO4/c1-15(2)16(3,4)22-17(21-15)13(10-19)9-12-5-7-14(8-6-12)18-11-20/h5-9,19H,10H2,1-4H3. The number of carbonyl (C=O) groups excluding carboxylic acids is 1. The number of nitrogens with zero attached hydrogens (tertiary/aromatic N) is 1. The summed E-state index contributed by atoms with van der Waals surface area (Å²) in [6.07, 6.45) is 3.31. The van der Waals surface area contributed by atoms with Gasteiger partial charge in [0, 0.05) is 0 Å². The quantitative estimate of drug-likeness (QED) is 0.527. The van der Waals surface area contributed by atoms with Gasteiger partial charge >= 0.3 is 7.12 Å². The third-order valence-electron chi connectivity index (χ3n) is 4.16. The van der Waals surface area contributed by atoms with Crippen LogP contribution in [0.4, 0.5) is 5.69 Å². The van der Waals surface area contributed by atoms with Crippen molar-refractivity contribution >= 4 is 25.0 Å². The second-order valence-corrected chi connectivity index (χ2v) is 6.26. The lowest BCUT2D eigenvalue weighted by atomic mass is 9.77. The molecule has 0 atom stereocenters.